The summed E-state index contributed by atoms with van der Waals surface area (Å²) in [6.45, 7) is -0.187. The molecule has 2 aromatic heterocycles. The first-order valence-electron chi connectivity index (χ1n) is 8.62. The Balaban J connectivity index is 1.77. The molecule has 4 aromatic rings. The number of carboxylic acid groups (broad SMARTS) is 1. The van der Waals surface area contributed by atoms with Crippen LogP contribution in [0.3, 0.4) is 0 Å². The average Bonchev–Trinajstić information content (AvgIpc) is 3.12. The second-order valence-corrected chi connectivity index (χ2v) is 7.70. The van der Waals surface area contributed by atoms with Gasteiger partial charge in [0.25, 0.3) is 5.56 Å². The number of aromatic nitrogens is 2. The van der Waals surface area contributed by atoms with E-state index in [0.29, 0.717) is 4.57 Å². The van der Waals surface area contributed by atoms with Gasteiger partial charge in [0.15, 0.2) is 0 Å². The Labute approximate surface area is 180 Å². The number of benzene rings is 2. The van der Waals surface area contributed by atoms with Crippen molar-refractivity contribution in [1.82, 2.24) is 9.55 Å². The van der Waals surface area contributed by atoms with Crippen LogP contribution < -0.4 is 16.0 Å². The van der Waals surface area contributed by atoms with Crippen molar-refractivity contribution in [2.24, 2.45) is 0 Å². The molecule has 0 amide bonds. The van der Waals surface area contributed by atoms with E-state index in [1.807, 2.05) is 0 Å². The number of thiophene rings is 1. The predicted octanol–water partition coefficient (Wildman–Crippen LogP) is 3.95. The molecular weight excluding hydrogens is 454 g/mol. The number of aromatic amines is 1. The summed E-state index contributed by atoms with van der Waals surface area (Å²) < 4.78 is 32.9. The number of aromatic carboxylic acids is 1. The molecule has 0 saturated heterocycles. The third-order valence-electron chi connectivity index (χ3n) is 4.33. The van der Waals surface area contributed by atoms with Crippen molar-refractivity contribution in [3.63, 3.8) is 0 Å². The van der Waals surface area contributed by atoms with Gasteiger partial charge < -0.3 is 14.8 Å². The number of nitrogens with one attached hydrogen (secondary N) is 1. The van der Waals surface area contributed by atoms with Crippen molar-refractivity contribution in [1.29, 1.82) is 0 Å². The molecule has 0 aliphatic carbocycles. The molecule has 0 bridgehead atoms. The summed E-state index contributed by atoms with van der Waals surface area (Å²) >= 11 is 6.99. The lowest BCUT2D eigenvalue weighted by Gasteiger charge is -2.11. The topological polar surface area (TPSA) is 101 Å². The van der Waals surface area contributed by atoms with E-state index >= 15 is 0 Å². The van der Waals surface area contributed by atoms with Crippen molar-refractivity contribution in [2.75, 3.05) is 0 Å². The average molecular weight is 465 g/mol. The van der Waals surface area contributed by atoms with Gasteiger partial charge in [0.2, 0.25) is 0 Å². The van der Waals surface area contributed by atoms with E-state index < -0.39 is 28.9 Å². The molecule has 11 heteroatoms. The molecule has 0 spiro atoms. The van der Waals surface area contributed by atoms with Gasteiger partial charge in [0, 0.05) is 17.5 Å². The van der Waals surface area contributed by atoms with Gasteiger partial charge in [-0.2, -0.15) is 0 Å². The van der Waals surface area contributed by atoms with Crippen LogP contribution in [0, 0.1) is 11.6 Å². The summed E-state index contributed by atoms with van der Waals surface area (Å²) in [4.78, 5) is 39.2. The van der Waals surface area contributed by atoms with E-state index in [1.54, 1.807) is 0 Å². The second-order valence-electron chi connectivity index (χ2n) is 6.41. The first-order chi connectivity index (χ1) is 14.7. The van der Waals surface area contributed by atoms with Crippen LogP contribution in [0.5, 0.6) is 5.75 Å². The Hall–Kier alpha value is -3.50. The maximum atomic E-state index is 13.3. The highest BCUT2D eigenvalue weighted by Crippen LogP contribution is 2.26. The van der Waals surface area contributed by atoms with Crippen molar-refractivity contribution in [2.45, 2.75) is 6.61 Å². The Morgan fingerprint density at radius 3 is 2.55 bits per heavy atom. The maximum Gasteiger partial charge on any atom is 0.346 e. The molecule has 4 rings (SSSR count). The fourth-order valence-corrected chi connectivity index (χ4v) is 4.06. The molecule has 0 saturated carbocycles. The number of hydrogen-bond acceptors (Lipinski definition) is 5. The van der Waals surface area contributed by atoms with Gasteiger partial charge in [-0.05, 0) is 29.8 Å². The van der Waals surface area contributed by atoms with Crippen LogP contribution in [0.1, 0.15) is 15.2 Å². The fourth-order valence-electron chi connectivity index (χ4n) is 3.03. The monoisotopic (exact) mass is 464 g/mol. The van der Waals surface area contributed by atoms with Crippen LogP contribution in [0.4, 0.5) is 8.78 Å². The van der Waals surface area contributed by atoms with E-state index in [9.17, 15) is 28.3 Å². The molecule has 2 heterocycles. The second kappa shape index (κ2) is 7.97. The molecule has 0 atom stereocenters. The van der Waals surface area contributed by atoms with Crippen LogP contribution in [0.25, 0.3) is 16.6 Å². The third kappa shape index (κ3) is 3.94. The molecule has 0 aliphatic rings. The molecule has 7 nitrogen and oxygen atoms in total. The molecule has 2 N–H and O–H groups in total. The number of nitrogens with zero attached hydrogens (tertiary/aromatic N) is 1. The van der Waals surface area contributed by atoms with Crippen LogP contribution in [0.2, 0.25) is 5.02 Å². The summed E-state index contributed by atoms with van der Waals surface area (Å²) in [7, 11) is 0. The number of fused-ring (bicyclic) bond motifs is 1. The van der Waals surface area contributed by atoms with E-state index in [2.05, 4.69) is 4.98 Å². The van der Waals surface area contributed by atoms with Crippen LogP contribution in [-0.4, -0.2) is 20.6 Å². The lowest BCUT2D eigenvalue weighted by Crippen LogP contribution is -2.34. The van der Waals surface area contributed by atoms with Gasteiger partial charge >= 0.3 is 11.7 Å². The lowest BCUT2D eigenvalue weighted by molar-refractivity contribution is 0.0704. The Morgan fingerprint density at radius 2 is 1.87 bits per heavy atom. The fraction of sp³-hybridized carbons (Fsp3) is 0.0500. The van der Waals surface area contributed by atoms with E-state index in [0.717, 1.165) is 29.5 Å². The summed E-state index contributed by atoms with van der Waals surface area (Å²) in [5.41, 5.74) is -1.39. The van der Waals surface area contributed by atoms with E-state index in [4.69, 9.17) is 16.3 Å². The van der Waals surface area contributed by atoms with Crippen LogP contribution in [0.15, 0.2) is 51.4 Å². The number of H-pyrrole nitrogens is 1. The number of rotatable bonds is 5. The van der Waals surface area contributed by atoms with Crippen LogP contribution >= 0.6 is 22.9 Å². The molecule has 31 heavy (non-hydrogen) atoms. The summed E-state index contributed by atoms with van der Waals surface area (Å²) in [5.74, 6) is -2.65. The summed E-state index contributed by atoms with van der Waals surface area (Å²) in [5, 5.41) is 10.6. The highest BCUT2D eigenvalue weighted by molar-refractivity contribution is 7.13. The van der Waals surface area contributed by atoms with Gasteiger partial charge in [-0.1, -0.05) is 11.6 Å². The highest BCUT2D eigenvalue weighted by atomic mass is 35.5. The molecular formula is C20H11ClF2N2O5S. The highest BCUT2D eigenvalue weighted by Gasteiger charge is 2.20. The van der Waals surface area contributed by atoms with Gasteiger partial charge in [-0.25, -0.2) is 22.9 Å². The zero-order valence-electron chi connectivity index (χ0n) is 15.3. The zero-order chi connectivity index (χ0) is 22.3. The smallest absolute Gasteiger partial charge is 0.346 e. The number of carbonyl (C=O) groups is 1. The largest absolute Gasteiger partial charge is 0.489 e. The van der Waals surface area contributed by atoms with Gasteiger partial charge in [0.1, 0.15) is 28.9 Å². The standard InChI is InChI=1S/C20H11ClF2N2O5S/c21-13-2-1-12(30-7-9-3-10(22)5-11(23)4-9)6-15(13)25-18(26)16-14(24-20(25)29)8-31-17(16)19(27)28/h1-6,8H,7H2,(H,24,29)(H,27,28). The Bertz CT molecular complexity index is 1440. The molecule has 0 aliphatic heterocycles. The first kappa shape index (κ1) is 20.8. The zero-order valence-corrected chi connectivity index (χ0v) is 16.9. The molecule has 2 aromatic carbocycles. The summed E-state index contributed by atoms with van der Waals surface area (Å²) in [6, 6.07) is 7.06. The Kier molecular flexibility index (Phi) is 5.34. The molecule has 158 valence electrons. The first-order valence-corrected chi connectivity index (χ1v) is 9.88. The SMILES string of the molecule is O=C(O)c1scc2[nH]c(=O)n(-c3cc(OCc4cc(F)cc(F)c4)ccc3Cl)c(=O)c12. The quantitative estimate of drug-likeness (QED) is 0.465. The molecule has 0 fully saturated rings. The van der Waals surface area contributed by atoms with Crippen LogP contribution in [-0.2, 0) is 6.61 Å². The minimum atomic E-state index is -1.30. The lowest BCUT2D eigenvalue weighted by atomic mass is 10.2. The summed E-state index contributed by atoms with van der Waals surface area (Å²) in [6.07, 6.45) is 0. The third-order valence-corrected chi connectivity index (χ3v) is 5.62. The minimum absolute atomic E-state index is 0.0307. The Morgan fingerprint density at radius 1 is 1.16 bits per heavy atom. The van der Waals surface area contributed by atoms with Gasteiger partial charge in [-0.3, -0.25) is 4.79 Å². The van der Waals surface area contributed by atoms with Gasteiger partial charge in [0.05, 0.1) is 21.6 Å². The molecule has 0 unspecified atom stereocenters. The van der Waals surface area contributed by atoms with E-state index in [-0.39, 0.29) is 44.4 Å². The molecule has 0 radical (unpaired) electrons. The maximum absolute atomic E-state index is 13.3. The number of hydrogen-bond donors (Lipinski definition) is 2. The van der Waals surface area contributed by atoms with E-state index in [1.165, 1.54) is 23.6 Å². The minimum Gasteiger partial charge on any atom is -0.489 e. The number of carboxylic acids is 1. The van der Waals surface area contributed by atoms with Crippen molar-refractivity contribution >= 4 is 39.8 Å². The normalized spacial score (nSPS) is 11.1. The van der Waals surface area contributed by atoms with Gasteiger partial charge in [-0.15, -0.1) is 11.3 Å². The number of ether oxygens (including phenoxy) is 1. The van der Waals surface area contributed by atoms with Crippen molar-refractivity contribution in [3.8, 4) is 11.4 Å². The van der Waals surface area contributed by atoms with Crippen molar-refractivity contribution < 1.29 is 23.4 Å². The number of halogens is 3. The predicted molar refractivity (Wildman–Crippen MR) is 111 cm³/mol. The van der Waals surface area contributed by atoms with Crippen molar-refractivity contribution in [3.05, 3.63) is 89.7 Å².